The number of hydrogen-bond donors (Lipinski definition) is 2. The van der Waals surface area contributed by atoms with Crippen molar-refractivity contribution in [3.8, 4) is 0 Å². The number of rotatable bonds is 4. The molecule has 1 aromatic carbocycles. The molecule has 0 radical (unpaired) electrons. The molecule has 8 heteroatoms. The van der Waals surface area contributed by atoms with Crippen molar-refractivity contribution in [3.63, 3.8) is 0 Å². The maximum atomic E-state index is 14.1. The van der Waals surface area contributed by atoms with Crippen molar-refractivity contribution in [2.75, 3.05) is 39.4 Å². The Balaban J connectivity index is 1.36. The van der Waals surface area contributed by atoms with Crippen molar-refractivity contribution in [2.45, 2.75) is 70.0 Å². The van der Waals surface area contributed by atoms with Crippen LogP contribution in [-0.2, 0) is 25.5 Å². The predicted molar refractivity (Wildman–Crippen MR) is 141 cm³/mol. The highest BCUT2D eigenvalue weighted by Crippen LogP contribution is 2.37. The average Bonchev–Trinajstić information content (AvgIpc) is 2.89. The zero-order chi connectivity index (χ0) is 25.8. The fourth-order valence-electron chi connectivity index (χ4n) is 6.91. The van der Waals surface area contributed by atoms with Crippen LogP contribution in [0.4, 0.5) is 0 Å². The second-order valence-electron chi connectivity index (χ2n) is 11.6. The molecule has 4 saturated heterocycles. The second-order valence-corrected chi connectivity index (χ2v) is 11.6. The second kappa shape index (κ2) is 11.9. The maximum Gasteiger partial charge on any atom is 0.245 e. The lowest BCUT2D eigenvalue weighted by atomic mass is 9.76. The van der Waals surface area contributed by atoms with Crippen LogP contribution >= 0.6 is 0 Å². The van der Waals surface area contributed by atoms with Crippen molar-refractivity contribution in [3.05, 3.63) is 35.9 Å². The molecule has 0 aliphatic carbocycles. The summed E-state index contributed by atoms with van der Waals surface area (Å²) in [5.41, 5.74) is 1.02. The van der Waals surface area contributed by atoms with Crippen LogP contribution in [0.2, 0.25) is 0 Å². The van der Waals surface area contributed by atoms with Gasteiger partial charge in [-0.05, 0) is 62.3 Å². The fraction of sp³-hybridized carbons (Fsp3) is 0.690. The molecule has 4 aliphatic rings. The van der Waals surface area contributed by atoms with E-state index in [-0.39, 0.29) is 23.8 Å². The number of nitrogens with one attached hydrogen (secondary N) is 2. The van der Waals surface area contributed by atoms with Crippen LogP contribution in [0.15, 0.2) is 30.3 Å². The summed E-state index contributed by atoms with van der Waals surface area (Å²) in [5.74, 6) is 1.15. The van der Waals surface area contributed by atoms with E-state index in [1.54, 1.807) is 6.92 Å². The van der Waals surface area contributed by atoms with Gasteiger partial charge in [0, 0.05) is 58.3 Å². The first kappa shape index (κ1) is 26.2. The molecule has 2 N–H and O–H groups in total. The van der Waals surface area contributed by atoms with Gasteiger partial charge in [0.15, 0.2) is 0 Å². The van der Waals surface area contributed by atoms with E-state index in [9.17, 15) is 14.4 Å². The van der Waals surface area contributed by atoms with Crippen molar-refractivity contribution in [1.29, 1.82) is 0 Å². The molecule has 3 amide bonds. The summed E-state index contributed by atoms with van der Waals surface area (Å²) in [7, 11) is 0. The minimum Gasteiger partial charge on any atom is -0.381 e. The van der Waals surface area contributed by atoms with E-state index < -0.39 is 12.1 Å². The third-order valence-corrected chi connectivity index (χ3v) is 8.76. The molecule has 4 aliphatic heterocycles. The van der Waals surface area contributed by atoms with Crippen LogP contribution in [0.25, 0.3) is 0 Å². The zero-order valence-corrected chi connectivity index (χ0v) is 22.1. The standard InChI is InChI=1S/C29H42N4O4/c1-20-28(35)31-25(15-21-6-3-2-4-7-21)29(36)33-18-23-14-24(26(33)8-5-9-27(34)30-20)19-32(17-23)16-22-10-12-37-13-11-22/h2-4,6-7,20,22-26H,5,8-19H2,1H3,(H,30,34)(H,31,35)/t20-,23+,24-,25+,26+/m1/s1. The third kappa shape index (κ3) is 6.52. The van der Waals surface area contributed by atoms with E-state index in [0.29, 0.717) is 30.6 Å². The summed E-state index contributed by atoms with van der Waals surface area (Å²) in [6.07, 6.45) is 5.77. The number of hydrogen-bond acceptors (Lipinski definition) is 5. The van der Waals surface area contributed by atoms with Crippen LogP contribution in [0.5, 0.6) is 0 Å². The summed E-state index contributed by atoms with van der Waals surface area (Å²) in [6, 6.07) is 8.65. The summed E-state index contributed by atoms with van der Waals surface area (Å²) < 4.78 is 5.56. The third-order valence-electron chi connectivity index (χ3n) is 8.76. The quantitative estimate of drug-likeness (QED) is 0.647. The molecule has 5 rings (SSSR count). The Morgan fingerprint density at radius 1 is 0.973 bits per heavy atom. The van der Waals surface area contributed by atoms with E-state index in [0.717, 1.165) is 77.1 Å². The molecule has 37 heavy (non-hydrogen) atoms. The first-order valence-corrected chi connectivity index (χ1v) is 14.2. The molecule has 0 saturated carbocycles. The minimum absolute atomic E-state index is 0.0221. The van der Waals surface area contributed by atoms with Gasteiger partial charge < -0.3 is 25.2 Å². The molecule has 4 heterocycles. The maximum absolute atomic E-state index is 14.1. The highest BCUT2D eigenvalue weighted by Gasteiger charge is 2.44. The number of ether oxygens (including phenoxy) is 1. The molecule has 0 spiro atoms. The van der Waals surface area contributed by atoms with Gasteiger partial charge in [-0.3, -0.25) is 14.4 Å². The first-order chi connectivity index (χ1) is 18.0. The Labute approximate surface area is 220 Å². The lowest BCUT2D eigenvalue weighted by Crippen LogP contribution is -2.63. The number of nitrogens with zero attached hydrogens (tertiary/aromatic N) is 2. The van der Waals surface area contributed by atoms with Crippen LogP contribution < -0.4 is 10.6 Å². The van der Waals surface area contributed by atoms with Crippen molar-refractivity contribution >= 4 is 17.7 Å². The Kier molecular flexibility index (Phi) is 8.45. The number of amides is 3. The molecule has 5 atom stereocenters. The largest absolute Gasteiger partial charge is 0.381 e. The number of fused-ring (bicyclic) bond motifs is 4. The van der Waals surface area contributed by atoms with Gasteiger partial charge in [0.1, 0.15) is 12.1 Å². The molecule has 4 fully saturated rings. The van der Waals surface area contributed by atoms with E-state index in [1.165, 1.54) is 0 Å². The molecule has 0 unspecified atom stereocenters. The van der Waals surface area contributed by atoms with Crippen molar-refractivity contribution in [2.24, 2.45) is 17.8 Å². The van der Waals surface area contributed by atoms with Crippen LogP contribution in [-0.4, -0.2) is 85.0 Å². The van der Waals surface area contributed by atoms with Gasteiger partial charge in [-0.25, -0.2) is 0 Å². The van der Waals surface area contributed by atoms with Crippen LogP contribution in [0.1, 0.15) is 51.0 Å². The average molecular weight is 511 g/mol. The summed E-state index contributed by atoms with van der Waals surface area (Å²) >= 11 is 0. The summed E-state index contributed by atoms with van der Waals surface area (Å²) in [6.45, 7) is 7.29. The zero-order valence-electron chi connectivity index (χ0n) is 22.1. The van der Waals surface area contributed by atoms with E-state index in [1.807, 2.05) is 30.3 Å². The molecule has 202 valence electrons. The van der Waals surface area contributed by atoms with Gasteiger partial charge in [0.05, 0.1) is 0 Å². The van der Waals surface area contributed by atoms with Crippen molar-refractivity contribution < 1.29 is 19.1 Å². The Morgan fingerprint density at radius 2 is 1.76 bits per heavy atom. The van der Waals surface area contributed by atoms with Gasteiger partial charge >= 0.3 is 0 Å². The smallest absolute Gasteiger partial charge is 0.245 e. The number of likely N-dealkylation sites (tertiary alicyclic amines) is 1. The minimum atomic E-state index is -0.673. The predicted octanol–water partition coefficient (Wildman–Crippen LogP) is 1.98. The van der Waals surface area contributed by atoms with Gasteiger partial charge in [0.25, 0.3) is 0 Å². The van der Waals surface area contributed by atoms with Crippen molar-refractivity contribution in [1.82, 2.24) is 20.4 Å². The monoisotopic (exact) mass is 510 g/mol. The first-order valence-electron chi connectivity index (χ1n) is 14.2. The lowest BCUT2D eigenvalue weighted by Gasteiger charge is -2.52. The molecule has 1 aromatic rings. The highest BCUT2D eigenvalue weighted by atomic mass is 16.5. The van der Waals surface area contributed by atoms with E-state index in [2.05, 4.69) is 20.4 Å². The number of piperidine rings is 2. The Morgan fingerprint density at radius 3 is 2.54 bits per heavy atom. The van der Waals surface area contributed by atoms with Crippen LogP contribution in [0.3, 0.4) is 0 Å². The summed E-state index contributed by atoms with van der Waals surface area (Å²) in [5, 5.41) is 5.82. The number of carbonyl (C=O) groups excluding carboxylic acids is 3. The van der Waals surface area contributed by atoms with Gasteiger partial charge in [-0.2, -0.15) is 0 Å². The normalized spacial score (nSPS) is 32.5. The van der Waals surface area contributed by atoms with Crippen LogP contribution in [0, 0.1) is 17.8 Å². The van der Waals surface area contributed by atoms with Gasteiger partial charge in [-0.1, -0.05) is 30.3 Å². The SMILES string of the molecule is C[C@H]1NC(=O)CCC[C@H]2[C@@H]3C[C@@H](CN(CC4CCOCC4)C3)CN2C(=O)[C@H](Cc2ccccc2)NC1=O. The molecular weight excluding hydrogens is 468 g/mol. The lowest BCUT2D eigenvalue weighted by molar-refractivity contribution is -0.146. The van der Waals surface area contributed by atoms with E-state index in [4.69, 9.17) is 4.74 Å². The summed E-state index contributed by atoms with van der Waals surface area (Å²) in [4.78, 5) is 44.4. The topological polar surface area (TPSA) is 91.0 Å². The molecule has 0 aromatic heterocycles. The fourth-order valence-corrected chi connectivity index (χ4v) is 6.91. The highest BCUT2D eigenvalue weighted by molar-refractivity contribution is 5.92. The van der Waals surface area contributed by atoms with Gasteiger partial charge in [0.2, 0.25) is 17.7 Å². The molecule has 8 nitrogen and oxygen atoms in total. The Hall–Kier alpha value is -2.45. The Bertz CT molecular complexity index is 950. The van der Waals surface area contributed by atoms with E-state index >= 15 is 0 Å². The van der Waals surface area contributed by atoms with Gasteiger partial charge in [-0.15, -0.1) is 0 Å². The molecule has 2 bridgehead atoms. The molecular formula is C29H42N4O4. The number of carbonyl (C=O) groups is 3. The number of benzene rings is 1.